The largest absolute Gasteiger partial charge is 0.324 e. The van der Waals surface area contributed by atoms with Crippen LogP contribution in [0.5, 0.6) is 0 Å². The van der Waals surface area contributed by atoms with Crippen molar-refractivity contribution in [3.8, 4) is 0 Å². The van der Waals surface area contributed by atoms with Crippen molar-refractivity contribution in [2.75, 3.05) is 6.54 Å². The zero-order valence-corrected chi connectivity index (χ0v) is 8.36. The van der Waals surface area contributed by atoms with Crippen molar-refractivity contribution in [3.05, 3.63) is 17.7 Å². The first-order valence-electron chi connectivity index (χ1n) is 5.03. The average Bonchev–Trinajstić information content (AvgIpc) is 2.62. The van der Waals surface area contributed by atoms with Gasteiger partial charge in [-0.05, 0) is 19.8 Å². The van der Waals surface area contributed by atoms with Crippen LogP contribution in [0.15, 0.2) is 6.20 Å². The first-order valence-corrected chi connectivity index (χ1v) is 5.03. The highest BCUT2D eigenvalue weighted by atomic mass is 16.1. The lowest BCUT2D eigenvalue weighted by Crippen LogP contribution is -2.23. The van der Waals surface area contributed by atoms with Crippen LogP contribution in [0, 0.1) is 0 Å². The van der Waals surface area contributed by atoms with E-state index in [-0.39, 0.29) is 12.3 Å². The van der Waals surface area contributed by atoms with Gasteiger partial charge in [0.1, 0.15) is 11.5 Å². The molecule has 1 unspecified atom stereocenters. The molecule has 0 fully saturated rings. The van der Waals surface area contributed by atoms with E-state index in [1.165, 1.54) is 0 Å². The Morgan fingerprint density at radius 1 is 1.79 bits per heavy atom. The van der Waals surface area contributed by atoms with E-state index in [0.717, 1.165) is 25.1 Å². The van der Waals surface area contributed by atoms with E-state index in [1.807, 2.05) is 4.57 Å². The van der Waals surface area contributed by atoms with Crippen LogP contribution in [0.1, 0.15) is 42.1 Å². The Labute approximate surface area is 83.1 Å². The number of rotatable bonds is 2. The lowest BCUT2D eigenvalue weighted by atomic mass is 10.1. The van der Waals surface area contributed by atoms with Gasteiger partial charge in [0.05, 0.1) is 12.7 Å². The second-order valence-corrected chi connectivity index (χ2v) is 3.80. The molecule has 14 heavy (non-hydrogen) atoms. The maximum Gasteiger partial charge on any atom is 0.194 e. The molecule has 0 saturated heterocycles. The second kappa shape index (κ2) is 3.53. The number of fused-ring (bicyclic) bond motifs is 1. The minimum absolute atomic E-state index is 0.0162. The van der Waals surface area contributed by atoms with E-state index in [2.05, 4.69) is 11.9 Å². The molecule has 1 aliphatic heterocycles. The molecule has 1 aromatic heterocycles. The summed E-state index contributed by atoms with van der Waals surface area (Å²) in [5.74, 6) is 1.01. The van der Waals surface area contributed by atoms with Crippen molar-refractivity contribution in [1.82, 2.24) is 9.55 Å². The highest BCUT2D eigenvalue weighted by molar-refractivity contribution is 5.96. The van der Waals surface area contributed by atoms with Crippen LogP contribution in [0.3, 0.4) is 0 Å². The van der Waals surface area contributed by atoms with Gasteiger partial charge in [0.15, 0.2) is 5.78 Å². The lowest BCUT2D eigenvalue weighted by Gasteiger charge is -2.23. The van der Waals surface area contributed by atoms with Crippen molar-refractivity contribution >= 4 is 5.78 Å². The summed E-state index contributed by atoms with van der Waals surface area (Å²) in [5.41, 5.74) is 6.03. The minimum Gasteiger partial charge on any atom is -0.324 e. The van der Waals surface area contributed by atoms with Gasteiger partial charge >= 0.3 is 0 Å². The molecular formula is C10H15N3O. The maximum atomic E-state index is 11.5. The Hall–Kier alpha value is -1.16. The molecule has 2 rings (SSSR count). The number of imidazole rings is 1. The third-order valence-electron chi connectivity index (χ3n) is 2.81. The van der Waals surface area contributed by atoms with Crippen LogP contribution in [0.4, 0.5) is 0 Å². The van der Waals surface area contributed by atoms with Gasteiger partial charge in [0, 0.05) is 12.5 Å². The van der Waals surface area contributed by atoms with E-state index >= 15 is 0 Å². The van der Waals surface area contributed by atoms with E-state index < -0.39 is 0 Å². The molecule has 1 atom stereocenters. The number of hydrogen-bond acceptors (Lipinski definition) is 3. The molecule has 0 amide bonds. The summed E-state index contributed by atoms with van der Waals surface area (Å²) in [6.45, 7) is 2.19. The van der Waals surface area contributed by atoms with Gasteiger partial charge in [-0.15, -0.1) is 0 Å². The number of Topliss-reactive ketones (excluding diaryl/α,β-unsaturated/α-hetero) is 1. The molecule has 0 aromatic carbocycles. The first kappa shape index (κ1) is 9.40. The van der Waals surface area contributed by atoms with Crippen molar-refractivity contribution in [2.45, 2.75) is 32.2 Å². The molecule has 0 saturated carbocycles. The van der Waals surface area contributed by atoms with Crippen molar-refractivity contribution in [3.63, 3.8) is 0 Å². The Morgan fingerprint density at radius 2 is 2.57 bits per heavy atom. The maximum absolute atomic E-state index is 11.5. The highest BCUT2D eigenvalue weighted by Crippen LogP contribution is 2.25. The summed E-state index contributed by atoms with van der Waals surface area (Å²) in [7, 11) is 0. The number of ketones is 1. The molecule has 2 heterocycles. The van der Waals surface area contributed by atoms with Gasteiger partial charge in [-0.25, -0.2) is 4.98 Å². The van der Waals surface area contributed by atoms with Crippen molar-refractivity contribution in [2.24, 2.45) is 5.73 Å². The molecule has 1 aromatic rings. The number of nitrogens with two attached hydrogens (primary N) is 1. The fourth-order valence-corrected chi connectivity index (χ4v) is 2.07. The Bertz CT molecular complexity index is 356. The summed E-state index contributed by atoms with van der Waals surface area (Å²) in [4.78, 5) is 15.8. The first-order chi connectivity index (χ1) is 6.74. The van der Waals surface area contributed by atoms with E-state index in [4.69, 9.17) is 5.73 Å². The Kier molecular flexibility index (Phi) is 2.37. The number of nitrogens with zero attached hydrogens (tertiary/aromatic N) is 2. The van der Waals surface area contributed by atoms with Crippen LogP contribution < -0.4 is 5.73 Å². The summed E-state index contributed by atoms with van der Waals surface area (Å²) in [6, 6.07) is 0.381. The van der Waals surface area contributed by atoms with Crippen LogP contribution in [-0.4, -0.2) is 21.9 Å². The van der Waals surface area contributed by atoms with Gasteiger partial charge in [0.2, 0.25) is 0 Å². The predicted octanol–water partition coefficient (Wildman–Crippen LogP) is 0.922. The topological polar surface area (TPSA) is 60.9 Å². The molecule has 2 N–H and O–H groups in total. The van der Waals surface area contributed by atoms with Crippen LogP contribution in [0.25, 0.3) is 0 Å². The molecule has 4 nitrogen and oxygen atoms in total. The monoisotopic (exact) mass is 193 g/mol. The Balaban J connectivity index is 2.43. The number of carbonyl (C=O) groups excluding carboxylic acids is 1. The van der Waals surface area contributed by atoms with Gasteiger partial charge in [-0.2, -0.15) is 0 Å². The van der Waals surface area contributed by atoms with Gasteiger partial charge in [-0.3, -0.25) is 4.79 Å². The summed E-state index contributed by atoms with van der Waals surface area (Å²) >= 11 is 0. The third kappa shape index (κ3) is 1.35. The zero-order chi connectivity index (χ0) is 10.1. The highest BCUT2D eigenvalue weighted by Gasteiger charge is 2.22. The lowest BCUT2D eigenvalue weighted by molar-refractivity contribution is 0.0989. The number of aryl methyl sites for hydroxylation is 1. The normalized spacial score (nSPS) is 20.6. The third-order valence-corrected chi connectivity index (χ3v) is 2.81. The van der Waals surface area contributed by atoms with E-state index in [1.54, 1.807) is 6.20 Å². The fraction of sp³-hybridized carbons (Fsp3) is 0.600. The predicted molar refractivity (Wildman–Crippen MR) is 53.3 cm³/mol. The molecule has 0 spiro atoms. The van der Waals surface area contributed by atoms with Crippen LogP contribution in [0.2, 0.25) is 0 Å². The summed E-state index contributed by atoms with van der Waals surface area (Å²) < 4.78 is 2.04. The average molecular weight is 193 g/mol. The molecule has 4 heteroatoms. The van der Waals surface area contributed by atoms with Crippen LogP contribution in [-0.2, 0) is 6.42 Å². The van der Waals surface area contributed by atoms with Gasteiger partial charge in [0.25, 0.3) is 0 Å². The summed E-state index contributed by atoms with van der Waals surface area (Å²) in [5, 5.41) is 0. The van der Waals surface area contributed by atoms with Gasteiger partial charge < -0.3 is 10.3 Å². The Morgan fingerprint density at radius 3 is 3.29 bits per heavy atom. The minimum atomic E-state index is -0.0162. The zero-order valence-electron chi connectivity index (χ0n) is 8.36. The summed E-state index contributed by atoms with van der Waals surface area (Å²) in [6.07, 6.45) is 4.91. The van der Waals surface area contributed by atoms with Crippen molar-refractivity contribution in [1.29, 1.82) is 0 Å². The molecule has 76 valence electrons. The van der Waals surface area contributed by atoms with E-state index in [0.29, 0.717) is 11.7 Å². The van der Waals surface area contributed by atoms with Crippen LogP contribution >= 0.6 is 0 Å². The number of hydrogen-bond donors (Lipinski definition) is 1. The fourth-order valence-electron chi connectivity index (χ4n) is 2.07. The van der Waals surface area contributed by atoms with E-state index in [9.17, 15) is 4.79 Å². The molecule has 0 bridgehead atoms. The molecular weight excluding hydrogens is 178 g/mol. The molecule has 1 aliphatic rings. The number of carbonyl (C=O) groups is 1. The SMILES string of the molecule is CC1CCCc2ncc(C(=O)CN)n21. The molecule has 0 radical (unpaired) electrons. The standard InChI is InChI=1S/C10H15N3O/c1-7-3-2-4-10-12-6-8(13(7)10)9(14)5-11/h6-7H,2-5,11H2,1H3. The smallest absolute Gasteiger partial charge is 0.194 e. The second-order valence-electron chi connectivity index (χ2n) is 3.80. The van der Waals surface area contributed by atoms with Gasteiger partial charge in [-0.1, -0.05) is 0 Å². The quantitative estimate of drug-likeness (QED) is 0.710. The molecule has 0 aliphatic carbocycles. The van der Waals surface area contributed by atoms with Crippen molar-refractivity contribution < 1.29 is 4.79 Å². The number of aromatic nitrogens is 2.